The van der Waals surface area contributed by atoms with Crippen molar-refractivity contribution in [2.75, 3.05) is 37.8 Å². The van der Waals surface area contributed by atoms with Crippen LogP contribution in [0.3, 0.4) is 0 Å². The maximum absolute atomic E-state index is 12.7. The third-order valence-corrected chi connectivity index (χ3v) is 12.6. The van der Waals surface area contributed by atoms with Crippen LogP contribution in [0.2, 0.25) is 0 Å². The Kier molecular flexibility index (Phi) is 21.2. The van der Waals surface area contributed by atoms with E-state index in [4.69, 9.17) is 19.5 Å². The number of nitrogens with two attached hydrogens (primary N) is 1. The van der Waals surface area contributed by atoms with Gasteiger partial charge in [0.25, 0.3) is 0 Å². The van der Waals surface area contributed by atoms with Gasteiger partial charge < -0.3 is 50.9 Å². The Labute approximate surface area is 361 Å². The number of unbranched alkanes of at least 4 members (excludes halogenated alkanes) is 2. The molecule has 7 unspecified atom stereocenters. The quantitative estimate of drug-likeness (QED) is 0.0352. The van der Waals surface area contributed by atoms with E-state index >= 15 is 0 Å². The van der Waals surface area contributed by atoms with Crippen molar-refractivity contribution in [2.24, 2.45) is 5.41 Å². The van der Waals surface area contributed by atoms with Crippen LogP contribution in [0.4, 0.5) is 5.82 Å². The number of rotatable bonds is 27. The summed E-state index contributed by atoms with van der Waals surface area (Å²) in [6.07, 6.45) is 8.92. The molecule has 1 aliphatic heterocycles. The van der Waals surface area contributed by atoms with Crippen LogP contribution in [0.15, 0.2) is 49.1 Å². The van der Waals surface area contributed by atoms with Crippen LogP contribution in [0.1, 0.15) is 65.5 Å². The zero-order chi connectivity index (χ0) is 46.1. The number of aliphatic hydroxyl groups is 2. The number of carbonyl (C=O) groups is 3. The summed E-state index contributed by atoms with van der Waals surface area (Å²) >= 11 is 1.11. The van der Waals surface area contributed by atoms with Gasteiger partial charge >= 0.3 is 23.5 Å². The highest BCUT2D eigenvalue weighted by Crippen LogP contribution is 2.61. The van der Waals surface area contributed by atoms with Crippen LogP contribution in [0.5, 0.6) is 0 Å². The van der Waals surface area contributed by atoms with Gasteiger partial charge in [0, 0.05) is 37.1 Å². The van der Waals surface area contributed by atoms with E-state index < -0.39 is 84.6 Å². The average Bonchev–Trinajstić information content (AvgIpc) is 3.75. The van der Waals surface area contributed by atoms with Crippen molar-refractivity contribution in [3.63, 3.8) is 0 Å². The predicted molar refractivity (Wildman–Crippen MR) is 223 cm³/mol. The van der Waals surface area contributed by atoms with Gasteiger partial charge in [-0.25, -0.2) is 28.6 Å². The molecule has 10 N–H and O–H groups in total. The Morgan fingerprint density at radius 2 is 1.68 bits per heavy atom. The van der Waals surface area contributed by atoms with Crippen molar-refractivity contribution in [1.82, 2.24) is 30.2 Å². The van der Waals surface area contributed by atoms with E-state index in [2.05, 4.69) is 47.4 Å². The zero-order valence-corrected chi connectivity index (χ0v) is 37.6. The number of thioether (sulfide) groups is 1. The van der Waals surface area contributed by atoms with Crippen molar-refractivity contribution < 1.29 is 80.5 Å². The fraction of sp³-hybridized carbons (Fsp3) is 0.588. The number of hydrogen-bond acceptors (Lipinski definition) is 18. The van der Waals surface area contributed by atoms with Crippen molar-refractivity contribution in [1.29, 1.82) is 0 Å². The lowest BCUT2D eigenvalue weighted by Gasteiger charge is -2.30. The van der Waals surface area contributed by atoms with E-state index in [0.29, 0.717) is 12.2 Å². The Bertz CT molecular complexity index is 2050. The molecule has 2 aromatic heterocycles. The first-order valence-corrected chi connectivity index (χ1v) is 24.6. The summed E-state index contributed by atoms with van der Waals surface area (Å²) in [5.41, 5.74) is 4.27. The van der Waals surface area contributed by atoms with Crippen LogP contribution < -0.4 is 16.4 Å². The third kappa shape index (κ3) is 18.1. The number of allylic oxidation sites excluding steroid dienone is 6. The van der Waals surface area contributed by atoms with Gasteiger partial charge in [0.2, 0.25) is 11.8 Å². The largest absolute Gasteiger partial charge is 0.481 e. The SMILES string of the molecule is CC/C=C/C=C/C=C/CCCCC(=O)SCCNC(=O)CCNC(=O)C(O)C(C)(C)COP(=O)(O)OP(=O)(O)OCC1OC(n2cnc3c(N)ncnc32)C(O)C1OP(=O)(O)O. The summed E-state index contributed by atoms with van der Waals surface area (Å²) in [6.45, 7) is 2.57. The summed E-state index contributed by atoms with van der Waals surface area (Å²) in [5.74, 6) is -1.08. The molecule has 0 radical (unpaired) electrons. The molecule has 24 nitrogen and oxygen atoms in total. The number of nitrogens with zero attached hydrogens (tertiary/aromatic N) is 4. The lowest BCUT2D eigenvalue weighted by Crippen LogP contribution is -2.46. The Balaban J connectivity index is 1.39. The molecule has 7 atom stereocenters. The fourth-order valence-corrected chi connectivity index (χ4v) is 8.97. The molecule has 1 fully saturated rings. The maximum Gasteiger partial charge on any atom is 0.481 e. The molecule has 28 heteroatoms. The highest BCUT2D eigenvalue weighted by molar-refractivity contribution is 8.13. The molecule has 348 valence electrons. The summed E-state index contributed by atoms with van der Waals surface area (Å²) < 4.78 is 62.3. The number of nitrogen functional groups attached to an aromatic ring is 1. The number of aromatic nitrogens is 4. The van der Waals surface area contributed by atoms with E-state index in [9.17, 15) is 57.9 Å². The molecule has 0 bridgehead atoms. The number of amides is 2. The van der Waals surface area contributed by atoms with Crippen molar-refractivity contribution in [3.8, 4) is 0 Å². The molecular weight excluding hydrogens is 903 g/mol. The number of fused-ring (bicyclic) bond motifs is 1. The number of phosphoric ester groups is 3. The molecule has 2 aromatic rings. The number of hydrogen-bond donors (Lipinski definition) is 9. The molecule has 1 saturated heterocycles. The van der Waals surface area contributed by atoms with Crippen LogP contribution in [-0.2, 0) is 50.7 Å². The van der Waals surface area contributed by atoms with Crippen LogP contribution in [0.25, 0.3) is 11.2 Å². The molecule has 0 aromatic carbocycles. The second kappa shape index (κ2) is 24.7. The molecule has 3 heterocycles. The van der Waals surface area contributed by atoms with E-state index in [0.717, 1.165) is 54.7 Å². The Morgan fingerprint density at radius 1 is 0.984 bits per heavy atom. The highest BCUT2D eigenvalue weighted by Gasteiger charge is 2.50. The lowest BCUT2D eigenvalue weighted by atomic mass is 9.87. The third-order valence-electron chi connectivity index (χ3n) is 8.61. The van der Waals surface area contributed by atoms with E-state index in [1.165, 1.54) is 13.8 Å². The summed E-state index contributed by atoms with van der Waals surface area (Å²) in [5, 5.41) is 26.5. The van der Waals surface area contributed by atoms with Crippen molar-refractivity contribution >= 4 is 69.1 Å². The maximum atomic E-state index is 12.7. The Morgan fingerprint density at radius 3 is 2.37 bits per heavy atom. The zero-order valence-electron chi connectivity index (χ0n) is 34.1. The number of nitrogens with one attached hydrogen (secondary N) is 2. The standard InChI is InChI=1S/C34H54N7O17P3S/c1-4-5-6-7-8-9-10-11-12-13-14-25(43)62-18-17-36-24(42)15-16-37-32(46)29(45)34(2,3)20-55-61(52,53)58-60(50,51)54-19-23-28(57-59(47,48)49)27(44)33(56-23)41-22-40-26-30(35)38-21-39-31(26)41/h5-10,21-23,27-29,33,44-45H,4,11-20H2,1-3H3,(H,36,42)(H,37,46)(H,50,51)(H,52,53)(H2,35,38,39)(H2,47,48,49)/b6-5+,8-7+,10-9+. The first-order valence-electron chi connectivity index (χ1n) is 19.1. The van der Waals surface area contributed by atoms with Gasteiger partial charge in [-0.3, -0.25) is 32.5 Å². The summed E-state index contributed by atoms with van der Waals surface area (Å²) in [4.78, 5) is 88.0. The van der Waals surface area contributed by atoms with Gasteiger partial charge in [0.15, 0.2) is 22.8 Å². The molecule has 3 rings (SSSR count). The minimum atomic E-state index is -5.58. The Hall–Kier alpha value is -3.22. The van der Waals surface area contributed by atoms with Gasteiger partial charge in [-0.1, -0.05) is 69.0 Å². The molecule has 2 amide bonds. The van der Waals surface area contributed by atoms with E-state index in [-0.39, 0.29) is 41.6 Å². The number of ether oxygens (including phenoxy) is 1. The number of carbonyl (C=O) groups excluding carboxylic acids is 3. The monoisotopic (exact) mass is 957 g/mol. The first kappa shape index (κ1) is 53.1. The number of aliphatic hydroxyl groups excluding tert-OH is 2. The average molecular weight is 958 g/mol. The van der Waals surface area contributed by atoms with Gasteiger partial charge in [0.05, 0.1) is 19.5 Å². The first-order chi connectivity index (χ1) is 29.1. The molecular formula is C34H54N7O17P3S. The molecule has 0 saturated carbocycles. The number of anilines is 1. The second-order valence-corrected chi connectivity index (χ2v) is 19.6. The van der Waals surface area contributed by atoms with Gasteiger partial charge in [-0.2, -0.15) is 4.31 Å². The highest BCUT2D eigenvalue weighted by atomic mass is 32.2. The number of phosphoric acid groups is 3. The minimum Gasteiger partial charge on any atom is -0.386 e. The van der Waals surface area contributed by atoms with E-state index in [1.807, 2.05) is 30.4 Å². The number of imidazole rings is 1. The topological polar surface area (TPSA) is 364 Å². The summed E-state index contributed by atoms with van der Waals surface area (Å²) in [7, 11) is -16.4. The van der Waals surface area contributed by atoms with Crippen LogP contribution in [0, 0.1) is 5.41 Å². The normalized spacial score (nSPS) is 21.1. The van der Waals surface area contributed by atoms with E-state index in [1.54, 1.807) is 0 Å². The minimum absolute atomic E-state index is 0.0183. The smallest absolute Gasteiger partial charge is 0.386 e. The van der Waals surface area contributed by atoms with Gasteiger partial charge in [0.1, 0.15) is 36.3 Å². The predicted octanol–water partition coefficient (Wildman–Crippen LogP) is 2.30. The molecule has 1 aliphatic rings. The second-order valence-electron chi connectivity index (χ2n) is 14.2. The fourth-order valence-electron chi connectivity index (χ4n) is 5.42. The van der Waals surface area contributed by atoms with Crippen LogP contribution >= 0.6 is 35.2 Å². The van der Waals surface area contributed by atoms with Gasteiger partial charge in [-0.05, 0) is 25.7 Å². The molecule has 0 aliphatic carbocycles. The van der Waals surface area contributed by atoms with Crippen LogP contribution in [-0.4, -0.2) is 123 Å². The lowest BCUT2D eigenvalue weighted by molar-refractivity contribution is -0.137. The molecule has 0 spiro atoms. The van der Waals surface area contributed by atoms with Gasteiger partial charge in [-0.15, -0.1) is 0 Å². The van der Waals surface area contributed by atoms with Crippen molar-refractivity contribution in [2.45, 2.75) is 89.9 Å². The van der Waals surface area contributed by atoms with Crippen molar-refractivity contribution in [3.05, 3.63) is 49.1 Å². The molecule has 62 heavy (non-hydrogen) atoms. The summed E-state index contributed by atoms with van der Waals surface area (Å²) in [6, 6.07) is 0.